The lowest BCUT2D eigenvalue weighted by Gasteiger charge is -2.24. The highest BCUT2D eigenvalue weighted by Crippen LogP contribution is 2.48. The Labute approximate surface area is 159 Å². The number of nitrogens with one attached hydrogen (secondary N) is 2. The van der Waals surface area contributed by atoms with Gasteiger partial charge in [0, 0.05) is 13.1 Å². The first-order valence-electron chi connectivity index (χ1n) is 9.02. The number of likely N-dealkylation sites (tertiary alicyclic amines) is 1. The molecule has 1 aromatic carbocycles. The highest BCUT2D eigenvalue weighted by molar-refractivity contribution is 7.89. The van der Waals surface area contributed by atoms with Gasteiger partial charge in [-0.2, -0.15) is 0 Å². The van der Waals surface area contributed by atoms with Crippen molar-refractivity contribution in [2.45, 2.75) is 37.1 Å². The second-order valence-electron chi connectivity index (χ2n) is 7.38. The largest absolute Gasteiger partial charge is 0.481 e. The lowest BCUT2D eigenvalue weighted by atomic mass is 9.81. The molecule has 1 unspecified atom stereocenters. The van der Waals surface area contributed by atoms with Gasteiger partial charge in [0.2, 0.25) is 10.0 Å². The summed E-state index contributed by atoms with van der Waals surface area (Å²) in [4.78, 5) is 26.1. The van der Waals surface area contributed by atoms with Crippen LogP contribution >= 0.6 is 0 Å². The van der Waals surface area contributed by atoms with Crippen LogP contribution in [0.5, 0.6) is 0 Å². The molecule has 0 spiro atoms. The van der Waals surface area contributed by atoms with E-state index in [2.05, 4.69) is 10.0 Å². The summed E-state index contributed by atoms with van der Waals surface area (Å²) < 4.78 is 25.8. The number of amides is 2. The minimum atomic E-state index is -3.50. The van der Waals surface area contributed by atoms with Crippen LogP contribution in [-0.4, -0.2) is 50.6 Å². The van der Waals surface area contributed by atoms with Crippen LogP contribution in [0, 0.1) is 11.3 Å². The van der Waals surface area contributed by atoms with Gasteiger partial charge < -0.3 is 15.3 Å². The summed E-state index contributed by atoms with van der Waals surface area (Å²) in [5.74, 6) is -0.795. The minimum Gasteiger partial charge on any atom is -0.481 e. The average Bonchev–Trinajstić information content (AvgIpc) is 3.20. The van der Waals surface area contributed by atoms with E-state index in [1.807, 2.05) is 6.92 Å². The van der Waals surface area contributed by atoms with Gasteiger partial charge in [-0.3, -0.25) is 4.79 Å². The smallest absolute Gasteiger partial charge is 0.317 e. The number of benzene rings is 1. The Kier molecular flexibility index (Phi) is 5.18. The predicted molar refractivity (Wildman–Crippen MR) is 98.6 cm³/mol. The number of rotatable bonds is 5. The maximum atomic E-state index is 12.6. The molecule has 3 N–H and O–H groups in total. The number of hydrogen-bond donors (Lipinski definition) is 3. The van der Waals surface area contributed by atoms with E-state index in [0.717, 1.165) is 18.4 Å². The minimum absolute atomic E-state index is 0.0158. The Morgan fingerprint density at radius 2 is 1.96 bits per heavy atom. The van der Waals surface area contributed by atoms with E-state index in [0.29, 0.717) is 13.0 Å². The van der Waals surface area contributed by atoms with Crippen LogP contribution < -0.4 is 10.0 Å². The predicted octanol–water partition coefficient (Wildman–Crippen LogP) is 1.55. The van der Waals surface area contributed by atoms with Gasteiger partial charge in [-0.15, -0.1) is 0 Å². The van der Waals surface area contributed by atoms with E-state index in [-0.39, 0.29) is 29.4 Å². The molecular formula is C18H25N3O5S. The normalized spacial score (nSPS) is 25.9. The summed E-state index contributed by atoms with van der Waals surface area (Å²) in [6.45, 7) is 2.51. The summed E-state index contributed by atoms with van der Waals surface area (Å²) >= 11 is 0. The molecule has 0 radical (unpaired) electrons. The van der Waals surface area contributed by atoms with Gasteiger partial charge in [-0.25, -0.2) is 17.9 Å². The summed E-state index contributed by atoms with van der Waals surface area (Å²) in [5.41, 5.74) is -0.0326. The Morgan fingerprint density at radius 1 is 1.30 bits per heavy atom. The molecule has 8 nitrogen and oxygen atoms in total. The fourth-order valence-corrected chi connectivity index (χ4v) is 4.94. The molecule has 1 saturated heterocycles. The molecule has 3 atom stereocenters. The standard InChI is InChI=1S/C18H25N3O5S/c1-12(13-5-7-15(8-6-13)27(25,26)19-2)20-17(24)21-10-14-4-3-9-18(14,11-21)16(22)23/h5-8,12,14,19H,3-4,9-11H2,1-2H3,(H,20,24)(H,22,23)/t12?,14-,18+/m0/s1. The van der Waals surface area contributed by atoms with Gasteiger partial charge in [0.15, 0.2) is 0 Å². The second kappa shape index (κ2) is 7.12. The first kappa shape index (κ1) is 19.6. The number of sulfonamides is 1. The molecule has 0 bridgehead atoms. The van der Waals surface area contributed by atoms with Crippen LogP contribution in [0.25, 0.3) is 0 Å². The fourth-order valence-electron chi connectivity index (χ4n) is 4.21. The van der Waals surface area contributed by atoms with E-state index >= 15 is 0 Å². The molecule has 2 aliphatic rings. The van der Waals surface area contributed by atoms with Gasteiger partial charge in [-0.1, -0.05) is 18.6 Å². The zero-order valence-corrected chi connectivity index (χ0v) is 16.3. The van der Waals surface area contributed by atoms with Crippen LogP contribution in [0.15, 0.2) is 29.2 Å². The third-order valence-electron chi connectivity index (χ3n) is 5.88. The Balaban J connectivity index is 1.66. The van der Waals surface area contributed by atoms with E-state index < -0.39 is 21.4 Å². The van der Waals surface area contributed by atoms with Crippen LogP contribution in [-0.2, 0) is 14.8 Å². The van der Waals surface area contributed by atoms with E-state index in [9.17, 15) is 23.1 Å². The number of nitrogens with zero attached hydrogens (tertiary/aromatic N) is 1. The third-order valence-corrected chi connectivity index (χ3v) is 7.31. The first-order valence-corrected chi connectivity index (χ1v) is 10.5. The second-order valence-corrected chi connectivity index (χ2v) is 9.27. The van der Waals surface area contributed by atoms with E-state index in [1.165, 1.54) is 19.2 Å². The van der Waals surface area contributed by atoms with Gasteiger partial charge in [0.1, 0.15) is 0 Å². The van der Waals surface area contributed by atoms with Crippen molar-refractivity contribution in [1.29, 1.82) is 0 Å². The number of carbonyl (C=O) groups excluding carboxylic acids is 1. The summed E-state index contributed by atoms with van der Waals surface area (Å²) in [6.07, 6.45) is 2.35. The third kappa shape index (κ3) is 3.53. The van der Waals surface area contributed by atoms with Crippen LogP contribution in [0.2, 0.25) is 0 Å². The number of carboxylic acids is 1. The number of carboxylic acid groups (broad SMARTS) is 1. The highest BCUT2D eigenvalue weighted by atomic mass is 32.2. The van der Waals surface area contributed by atoms with Crippen LogP contribution in [0.3, 0.4) is 0 Å². The van der Waals surface area contributed by atoms with Crippen molar-refractivity contribution in [3.05, 3.63) is 29.8 Å². The molecule has 1 aliphatic heterocycles. The van der Waals surface area contributed by atoms with Gasteiger partial charge in [0.25, 0.3) is 0 Å². The first-order chi connectivity index (χ1) is 12.7. The zero-order valence-electron chi connectivity index (χ0n) is 15.4. The number of carbonyl (C=O) groups is 2. The van der Waals surface area contributed by atoms with E-state index in [4.69, 9.17) is 0 Å². The number of aliphatic carboxylic acids is 1. The number of urea groups is 1. The highest BCUT2D eigenvalue weighted by Gasteiger charge is 2.55. The molecule has 1 heterocycles. The lowest BCUT2D eigenvalue weighted by molar-refractivity contribution is -0.149. The van der Waals surface area contributed by atoms with E-state index in [1.54, 1.807) is 17.0 Å². The number of hydrogen-bond acceptors (Lipinski definition) is 4. The zero-order chi connectivity index (χ0) is 19.8. The molecule has 1 saturated carbocycles. The maximum Gasteiger partial charge on any atom is 0.317 e. The number of fused-ring (bicyclic) bond motifs is 1. The van der Waals surface area contributed by atoms with Gasteiger partial charge in [0.05, 0.1) is 16.4 Å². The molecule has 9 heteroatoms. The summed E-state index contributed by atoms with van der Waals surface area (Å²) in [5, 5.41) is 12.5. The molecule has 27 heavy (non-hydrogen) atoms. The average molecular weight is 395 g/mol. The molecule has 1 aliphatic carbocycles. The Bertz CT molecular complexity index is 839. The summed E-state index contributed by atoms with van der Waals surface area (Å²) in [6, 6.07) is 5.68. The molecule has 148 valence electrons. The van der Waals surface area contributed by atoms with Crippen molar-refractivity contribution in [2.75, 3.05) is 20.1 Å². The van der Waals surface area contributed by atoms with Crippen molar-refractivity contribution < 1.29 is 23.1 Å². The van der Waals surface area contributed by atoms with Crippen molar-refractivity contribution in [1.82, 2.24) is 14.9 Å². The topological polar surface area (TPSA) is 116 Å². The van der Waals surface area contributed by atoms with Crippen molar-refractivity contribution in [2.24, 2.45) is 11.3 Å². The Morgan fingerprint density at radius 3 is 2.52 bits per heavy atom. The molecule has 1 aromatic rings. The van der Waals surface area contributed by atoms with Gasteiger partial charge in [-0.05, 0) is 50.4 Å². The quantitative estimate of drug-likeness (QED) is 0.700. The van der Waals surface area contributed by atoms with Crippen LogP contribution in [0.4, 0.5) is 4.79 Å². The molecule has 2 fully saturated rings. The van der Waals surface area contributed by atoms with Crippen molar-refractivity contribution in [3.63, 3.8) is 0 Å². The molecule has 2 amide bonds. The summed E-state index contributed by atoms with van der Waals surface area (Å²) in [7, 11) is -2.15. The molecular weight excluding hydrogens is 370 g/mol. The monoisotopic (exact) mass is 395 g/mol. The lowest BCUT2D eigenvalue weighted by Crippen LogP contribution is -2.42. The molecule has 3 rings (SSSR count). The maximum absolute atomic E-state index is 12.6. The van der Waals surface area contributed by atoms with Gasteiger partial charge >= 0.3 is 12.0 Å². The SMILES string of the molecule is CNS(=O)(=O)c1ccc(C(C)NC(=O)N2C[C@@H]3CCC[C@@]3(C(=O)O)C2)cc1. The van der Waals surface area contributed by atoms with Crippen molar-refractivity contribution in [3.8, 4) is 0 Å². The van der Waals surface area contributed by atoms with Crippen molar-refractivity contribution >= 4 is 22.0 Å². The fraction of sp³-hybridized carbons (Fsp3) is 0.556. The van der Waals surface area contributed by atoms with Crippen LogP contribution in [0.1, 0.15) is 37.8 Å². The molecule has 0 aromatic heterocycles. The Hall–Kier alpha value is -2.13.